The van der Waals surface area contributed by atoms with Gasteiger partial charge in [0.25, 0.3) is 0 Å². The molecule has 3 heterocycles. The molecule has 1 N–H and O–H groups in total. The van der Waals surface area contributed by atoms with Crippen LogP contribution in [0.5, 0.6) is 0 Å². The Morgan fingerprint density at radius 2 is 2.07 bits per heavy atom. The van der Waals surface area contributed by atoms with Crippen LogP contribution in [0.4, 0.5) is 0 Å². The molecule has 0 aromatic carbocycles. The molecule has 2 atom stereocenters. The molecule has 162 valence electrons. The van der Waals surface area contributed by atoms with E-state index in [1.807, 2.05) is 18.2 Å². The van der Waals surface area contributed by atoms with E-state index >= 15 is 0 Å². The standard InChI is InChI=1S/C22H30N4O3S/c1-15-14-17(16(2)25(15)12-13-28-3)21-20(18-8-5-6-10-23-18)24-22(30)26(21)11-7-9-19(27)29-4/h5-6,8,10,14,20-21H,7,9,11-13H2,1-4H3,(H,24,30)/t20-,21+/m0/s1. The molecule has 0 amide bonds. The Balaban J connectivity index is 1.95. The first-order valence-corrected chi connectivity index (χ1v) is 10.6. The second kappa shape index (κ2) is 10.0. The second-order valence-corrected chi connectivity index (χ2v) is 7.86. The lowest BCUT2D eigenvalue weighted by Crippen LogP contribution is -2.31. The molecule has 0 spiro atoms. The van der Waals surface area contributed by atoms with Crippen LogP contribution < -0.4 is 5.32 Å². The smallest absolute Gasteiger partial charge is 0.305 e. The molecule has 7 nitrogen and oxygen atoms in total. The van der Waals surface area contributed by atoms with Gasteiger partial charge < -0.3 is 24.3 Å². The maximum absolute atomic E-state index is 11.6. The molecule has 0 bridgehead atoms. The Hall–Kier alpha value is -2.45. The van der Waals surface area contributed by atoms with Gasteiger partial charge >= 0.3 is 5.97 Å². The van der Waals surface area contributed by atoms with Crippen molar-refractivity contribution in [2.75, 3.05) is 27.4 Å². The molecule has 2 aromatic heterocycles. The fraction of sp³-hybridized carbons (Fsp3) is 0.500. The zero-order valence-corrected chi connectivity index (χ0v) is 18.9. The molecule has 0 radical (unpaired) electrons. The van der Waals surface area contributed by atoms with Crippen molar-refractivity contribution in [2.24, 2.45) is 0 Å². The van der Waals surface area contributed by atoms with E-state index in [2.05, 4.69) is 39.7 Å². The van der Waals surface area contributed by atoms with Gasteiger partial charge in [0.2, 0.25) is 0 Å². The number of aromatic nitrogens is 2. The number of thiocarbonyl (C=S) groups is 1. The van der Waals surface area contributed by atoms with Gasteiger partial charge in [-0.05, 0) is 56.2 Å². The summed E-state index contributed by atoms with van der Waals surface area (Å²) >= 11 is 5.70. The van der Waals surface area contributed by atoms with Crippen molar-refractivity contribution >= 4 is 23.3 Å². The third kappa shape index (κ3) is 4.65. The number of nitrogens with one attached hydrogen (secondary N) is 1. The Bertz CT molecular complexity index is 884. The minimum atomic E-state index is -0.205. The van der Waals surface area contributed by atoms with Crippen LogP contribution in [-0.2, 0) is 20.8 Å². The van der Waals surface area contributed by atoms with Crippen molar-refractivity contribution in [2.45, 2.75) is 45.3 Å². The highest BCUT2D eigenvalue weighted by molar-refractivity contribution is 7.80. The normalized spacial score (nSPS) is 18.5. The maximum Gasteiger partial charge on any atom is 0.305 e. The number of rotatable bonds is 9. The number of carbonyl (C=O) groups excluding carboxylic acids is 1. The van der Waals surface area contributed by atoms with E-state index in [1.165, 1.54) is 24.1 Å². The van der Waals surface area contributed by atoms with Crippen LogP contribution in [0.25, 0.3) is 0 Å². The summed E-state index contributed by atoms with van der Waals surface area (Å²) in [7, 11) is 3.13. The van der Waals surface area contributed by atoms with Gasteiger partial charge in [0.15, 0.2) is 5.11 Å². The van der Waals surface area contributed by atoms with E-state index in [-0.39, 0.29) is 18.1 Å². The first kappa shape index (κ1) is 22.2. The fourth-order valence-electron chi connectivity index (χ4n) is 4.13. The third-order valence-electron chi connectivity index (χ3n) is 5.66. The van der Waals surface area contributed by atoms with Gasteiger partial charge in [-0.2, -0.15) is 0 Å². The molecular formula is C22H30N4O3S. The molecule has 1 aliphatic heterocycles. The number of hydrogen-bond acceptors (Lipinski definition) is 5. The number of nitrogens with zero attached hydrogens (tertiary/aromatic N) is 3. The molecule has 0 saturated carbocycles. The van der Waals surface area contributed by atoms with E-state index in [1.54, 1.807) is 13.3 Å². The van der Waals surface area contributed by atoms with Crippen molar-refractivity contribution in [3.8, 4) is 0 Å². The van der Waals surface area contributed by atoms with Gasteiger partial charge in [-0.1, -0.05) is 6.07 Å². The van der Waals surface area contributed by atoms with Gasteiger partial charge in [0.1, 0.15) is 0 Å². The lowest BCUT2D eigenvalue weighted by atomic mass is 9.96. The summed E-state index contributed by atoms with van der Waals surface area (Å²) in [5, 5.41) is 4.15. The minimum absolute atomic E-state index is 0.00691. The number of pyridine rings is 1. The first-order valence-electron chi connectivity index (χ1n) is 10.2. The van der Waals surface area contributed by atoms with Crippen LogP contribution in [-0.4, -0.2) is 52.9 Å². The minimum Gasteiger partial charge on any atom is -0.469 e. The van der Waals surface area contributed by atoms with E-state index < -0.39 is 0 Å². The largest absolute Gasteiger partial charge is 0.469 e. The van der Waals surface area contributed by atoms with Crippen LogP contribution in [0, 0.1) is 13.8 Å². The number of carbonyl (C=O) groups is 1. The fourth-order valence-corrected chi connectivity index (χ4v) is 4.47. The summed E-state index contributed by atoms with van der Waals surface area (Å²) in [4.78, 5) is 18.4. The molecule has 1 aliphatic rings. The quantitative estimate of drug-likeness (QED) is 0.484. The predicted octanol–water partition coefficient (Wildman–Crippen LogP) is 3.07. The van der Waals surface area contributed by atoms with Crippen LogP contribution in [0.15, 0.2) is 30.5 Å². The lowest BCUT2D eigenvalue weighted by Gasteiger charge is -2.28. The first-order chi connectivity index (χ1) is 14.5. The molecule has 0 aliphatic carbocycles. The van der Waals surface area contributed by atoms with Crippen LogP contribution >= 0.6 is 12.2 Å². The highest BCUT2D eigenvalue weighted by Crippen LogP contribution is 2.40. The summed E-state index contributed by atoms with van der Waals surface area (Å²) in [6, 6.07) is 8.09. The molecule has 0 unspecified atom stereocenters. The summed E-state index contributed by atoms with van der Waals surface area (Å²) in [5.41, 5.74) is 4.54. The number of esters is 1. The molecule has 30 heavy (non-hydrogen) atoms. The number of methoxy groups -OCH3 is 2. The average Bonchev–Trinajstić information content (AvgIpc) is 3.22. The molecular weight excluding hydrogens is 400 g/mol. The van der Waals surface area contributed by atoms with Gasteiger partial charge in [-0.15, -0.1) is 0 Å². The highest BCUT2D eigenvalue weighted by atomic mass is 32.1. The summed E-state index contributed by atoms with van der Waals surface area (Å²) in [6.07, 6.45) is 2.84. The average molecular weight is 431 g/mol. The molecule has 8 heteroatoms. The Labute approximate surface area is 183 Å². The zero-order valence-electron chi connectivity index (χ0n) is 18.1. The predicted molar refractivity (Wildman–Crippen MR) is 119 cm³/mol. The number of hydrogen-bond donors (Lipinski definition) is 1. The van der Waals surface area contributed by atoms with Crippen LogP contribution in [0.3, 0.4) is 0 Å². The van der Waals surface area contributed by atoms with Crippen molar-refractivity contribution < 1.29 is 14.3 Å². The topological polar surface area (TPSA) is 68.6 Å². The van der Waals surface area contributed by atoms with E-state index in [4.69, 9.17) is 21.7 Å². The van der Waals surface area contributed by atoms with Gasteiger partial charge in [0, 0.05) is 44.2 Å². The lowest BCUT2D eigenvalue weighted by molar-refractivity contribution is -0.140. The summed E-state index contributed by atoms with van der Waals surface area (Å²) in [5.74, 6) is -0.205. The van der Waals surface area contributed by atoms with Gasteiger partial charge in [0.05, 0.1) is 31.5 Å². The summed E-state index contributed by atoms with van der Waals surface area (Å²) in [6.45, 7) is 6.38. The highest BCUT2D eigenvalue weighted by Gasteiger charge is 2.41. The van der Waals surface area contributed by atoms with Crippen molar-refractivity contribution in [3.05, 3.63) is 53.1 Å². The van der Waals surface area contributed by atoms with Crippen LogP contribution in [0.2, 0.25) is 0 Å². The molecule has 1 saturated heterocycles. The summed E-state index contributed by atoms with van der Waals surface area (Å²) < 4.78 is 12.4. The molecule has 1 fully saturated rings. The van der Waals surface area contributed by atoms with Crippen LogP contribution in [0.1, 0.15) is 47.6 Å². The monoisotopic (exact) mass is 430 g/mol. The van der Waals surface area contributed by atoms with Crippen molar-refractivity contribution in [1.29, 1.82) is 0 Å². The molecule has 2 aromatic rings. The van der Waals surface area contributed by atoms with E-state index in [9.17, 15) is 4.79 Å². The number of aryl methyl sites for hydroxylation is 1. The Kier molecular flexibility index (Phi) is 7.44. The zero-order chi connectivity index (χ0) is 21.7. The van der Waals surface area contributed by atoms with Gasteiger partial charge in [-0.3, -0.25) is 9.78 Å². The second-order valence-electron chi connectivity index (χ2n) is 7.47. The Morgan fingerprint density at radius 1 is 1.27 bits per heavy atom. The van der Waals surface area contributed by atoms with E-state index in [0.29, 0.717) is 31.1 Å². The SMILES string of the molecule is COCCn1c(C)cc([C@@H]2[C@H](c3ccccn3)NC(=S)N2CCCC(=O)OC)c1C. The van der Waals surface area contributed by atoms with Crippen molar-refractivity contribution in [1.82, 2.24) is 19.8 Å². The van der Waals surface area contributed by atoms with Gasteiger partial charge in [-0.25, -0.2) is 0 Å². The van der Waals surface area contributed by atoms with Crippen molar-refractivity contribution in [3.63, 3.8) is 0 Å². The Morgan fingerprint density at radius 3 is 2.73 bits per heavy atom. The van der Waals surface area contributed by atoms with E-state index in [0.717, 1.165) is 12.2 Å². The number of ether oxygens (including phenoxy) is 2. The third-order valence-corrected chi connectivity index (χ3v) is 6.01. The molecule has 3 rings (SSSR count). The maximum atomic E-state index is 11.6.